The van der Waals surface area contributed by atoms with Crippen molar-refractivity contribution in [3.8, 4) is 0 Å². The van der Waals surface area contributed by atoms with E-state index in [1.54, 1.807) is 0 Å². The summed E-state index contributed by atoms with van der Waals surface area (Å²) in [5, 5.41) is 3.43. The molecule has 2 fully saturated rings. The highest BCUT2D eigenvalue weighted by Gasteiger charge is 2.32. The van der Waals surface area contributed by atoms with Gasteiger partial charge in [0.2, 0.25) is 0 Å². The molecule has 3 heterocycles. The number of rotatable bonds is 4. The highest BCUT2D eigenvalue weighted by atomic mass is 16.5. The summed E-state index contributed by atoms with van der Waals surface area (Å²) in [6.07, 6.45) is 1.91. The molecule has 5 heteroatoms. The van der Waals surface area contributed by atoms with Crippen LogP contribution in [0.25, 0.3) is 0 Å². The van der Waals surface area contributed by atoms with E-state index in [4.69, 9.17) is 9.47 Å². The largest absolute Gasteiger partial charge is 0.383 e. The Morgan fingerprint density at radius 2 is 2.05 bits per heavy atom. The molecule has 0 aliphatic carbocycles. The monoisotopic (exact) mass is 263 g/mol. The number of ether oxygens (including phenoxy) is 2. The zero-order valence-electron chi connectivity index (χ0n) is 11.4. The summed E-state index contributed by atoms with van der Waals surface area (Å²) in [4.78, 5) is 6.78. The van der Waals surface area contributed by atoms with Crippen molar-refractivity contribution in [1.29, 1.82) is 0 Å². The average Bonchev–Trinajstić information content (AvgIpc) is 2.45. The van der Waals surface area contributed by atoms with Gasteiger partial charge >= 0.3 is 0 Å². The lowest BCUT2D eigenvalue weighted by Crippen LogP contribution is -2.45. The third-order valence-electron chi connectivity index (χ3n) is 3.70. The Morgan fingerprint density at radius 1 is 1.26 bits per heavy atom. The second-order valence-corrected chi connectivity index (χ2v) is 5.66. The maximum Gasteiger partial charge on any atom is 0.128 e. The first-order valence-corrected chi connectivity index (χ1v) is 6.86. The fraction of sp³-hybridized carbons (Fsp3) is 0.643. The van der Waals surface area contributed by atoms with Crippen molar-refractivity contribution in [2.24, 2.45) is 5.41 Å². The van der Waals surface area contributed by atoms with Crippen LogP contribution in [-0.2, 0) is 9.47 Å². The second kappa shape index (κ2) is 5.35. The third-order valence-corrected chi connectivity index (χ3v) is 3.70. The lowest BCUT2D eigenvalue weighted by Gasteiger charge is -2.38. The molecule has 0 radical (unpaired) electrons. The standard InChI is InChI=1S/C14H21N3O2/c1-14(10-19-11-14)9-16-12-2-3-13(15-8-12)17-4-6-18-7-5-17/h2-3,8,16H,4-7,9-11H2,1H3. The van der Waals surface area contributed by atoms with Crippen LogP contribution in [0.5, 0.6) is 0 Å². The lowest BCUT2D eigenvalue weighted by atomic mass is 9.89. The Kier molecular flexibility index (Phi) is 3.57. The van der Waals surface area contributed by atoms with E-state index in [0.29, 0.717) is 0 Å². The van der Waals surface area contributed by atoms with Crippen LogP contribution in [0.3, 0.4) is 0 Å². The Labute approximate surface area is 113 Å². The first kappa shape index (κ1) is 12.7. The summed E-state index contributed by atoms with van der Waals surface area (Å²) in [7, 11) is 0. The average molecular weight is 263 g/mol. The molecule has 0 amide bonds. The summed E-state index contributed by atoms with van der Waals surface area (Å²) in [5.41, 5.74) is 1.35. The van der Waals surface area contributed by atoms with Gasteiger partial charge < -0.3 is 19.7 Å². The van der Waals surface area contributed by atoms with E-state index < -0.39 is 0 Å². The van der Waals surface area contributed by atoms with E-state index in [9.17, 15) is 0 Å². The molecule has 2 aliphatic heterocycles. The topological polar surface area (TPSA) is 46.6 Å². The smallest absolute Gasteiger partial charge is 0.128 e. The molecule has 0 bridgehead atoms. The van der Waals surface area contributed by atoms with Crippen molar-refractivity contribution in [1.82, 2.24) is 4.98 Å². The van der Waals surface area contributed by atoms with Crippen molar-refractivity contribution in [2.45, 2.75) is 6.92 Å². The van der Waals surface area contributed by atoms with Gasteiger partial charge in [-0.3, -0.25) is 0 Å². The lowest BCUT2D eigenvalue weighted by molar-refractivity contribution is -0.0924. The van der Waals surface area contributed by atoms with Gasteiger partial charge in [0.05, 0.1) is 38.3 Å². The van der Waals surface area contributed by atoms with E-state index in [2.05, 4.69) is 34.3 Å². The van der Waals surface area contributed by atoms with E-state index >= 15 is 0 Å². The van der Waals surface area contributed by atoms with Gasteiger partial charge in [-0.15, -0.1) is 0 Å². The van der Waals surface area contributed by atoms with Gasteiger partial charge in [-0.05, 0) is 12.1 Å². The van der Waals surface area contributed by atoms with Crippen LogP contribution in [0.1, 0.15) is 6.92 Å². The molecule has 1 N–H and O–H groups in total. The molecule has 3 rings (SSSR count). The van der Waals surface area contributed by atoms with Crippen LogP contribution in [0, 0.1) is 5.41 Å². The molecule has 2 saturated heterocycles. The van der Waals surface area contributed by atoms with Crippen LogP contribution in [0.15, 0.2) is 18.3 Å². The fourth-order valence-corrected chi connectivity index (χ4v) is 2.34. The molecular formula is C14H21N3O2. The molecule has 0 saturated carbocycles. The number of nitrogens with one attached hydrogen (secondary N) is 1. The van der Waals surface area contributed by atoms with Gasteiger partial charge in [0.25, 0.3) is 0 Å². The van der Waals surface area contributed by atoms with Crippen LogP contribution in [-0.4, -0.2) is 51.0 Å². The van der Waals surface area contributed by atoms with Crippen LogP contribution < -0.4 is 10.2 Å². The molecule has 0 aromatic carbocycles. The Balaban J connectivity index is 1.55. The molecular weight excluding hydrogens is 242 g/mol. The number of nitrogens with zero attached hydrogens (tertiary/aromatic N) is 2. The number of aromatic nitrogens is 1. The molecule has 104 valence electrons. The number of hydrogen-bond acceptors (Lipinski definition) is 5. The Morgan fingerprint density at radius 3 is 2.63 bits per heavy atom. The number of morpholine rings is 1. The van der Waals surface area contributed by atoms with Gasteiger partial charge in [0.1, 0.15) is 5.82 Å². The number of anilines is 2. The Hall–Kier alpha value is -1.33. The van der Waals surface area contributed by atoms with Crippen LogP contribution >= 0.6 is 0 Å². The SMILES string of the molecule is CC1(CNc2ccc(N3CCOCC3)nc2)COC1. The maximum absolute atomic E-state index is 5.35. The highest BCUT2D eigenvalue weighted by Crippen LogP contribution is 2.26. The highest BCUT2D eigenvalue weighted by molar-refractivity contribution is 5.49. The predicted molar refractivity (Wildman–Crippen MR) is 74.7 cm³/mol. The van der Waals surface area contributed by atoms with Crippen molar-refractivity contribution < 1.29 is 9.47 Å². The molecule has 19 heavy (non-hydrogen) atoms. The van der Waals surface area contributed by atoms with E-state index in [-0.39, 0.29) is 5.41 Å². The van der Waals surface area contributed by atoms with Gasteiger partial charge in [-0.2, -0.15) is 0 Å². The van der Waals surface area contributed by atoms with Crippen molar-refractivity contribution in [3.05, 3.63) is 18.3 Å². The summed E-state index contributed by atoms with van der Waals surface area (Å²) in [5.74, 6) is 1.03. The number of pyridine rings is 1. The normalized spacial score (nSPS) is 21.8. The summed E-state index contributed by atoms with van der Waals surface area (Å²) in [6, 6.07) is 4.17. The van der Waals surface area contributed by atoms with E-state index in [1.807, 2.05) is 6.20 Å². The Bertz CT molecular complexity index is 411. The van der Waals surface area contributed by atoms with Crippen LogP contribution in [0.2, 0.25) is 0 Å². The van der Waals surface area contributed by atoms with Gasteiger partial charge in [0, 0.05) is 25.0 Å². The summed E-state index contributed by atoms with van der Waals surface area (Å²) in [6.45, 7) is 8.30. The van der Waals surface area contributed by atoms with Crippen molar-refractivity contribution >= 4 is 11.5 Å². The van der Waals surface area contributed by atoms with Crippen molar-refractivity contribution in [3.63, 3.8) is 0 Å². The molecule has 1 aromatic rings. The molecule has 1 aromatic heterocycles. The molecule has 0 spiro atoms. The van der Waals surface area contributed by atoms with Gasteiger partial charge in [0.15, 0.2) is 0 Å². The zero-order valence-corrected chi connectivity index (χ0v) is 11.4. The van der Waals surface area contributed by atoms with Crippen LogP contribution in [0.4, 0.5) is 11.5 Å². The summed E-state index contributed by atoms with van der Waals surface area (Å²) >= 11 is 0. The van der Waals surface area contributed by atoms with Gasteiger partial charge in [-0.25, -0.2) is 4.98 Å². The van der Waals surface area contributed by atoms with Crippen molar-refractivity contribution in [2.75, 3.05) is 56.3 Å². The first-order valence-electron chi connectivity index (χ1n) is 6.86. The minimum absolute atomic E-state index is 0.281. The maximum atomic E-state index is 5.35. The van der Waals surface area contributed by atoms with E-state index in [0.717, 1.165) is 57.6 Å². The molecule has 2 aliphatic rings. The predicted octanol–water partition coefficient (Wildman–Crippen LogP) is 1.37. The quantitative estimate of drug-likeness (QED) is 0.889. The van der Waals surface area contributed by atoms with Gasteiger partial charge in [-0.1, -0.05) is 6.92 Å². The zero-order chi connectivity index (χ0) is 13.1. The number of hydrogen-bond donors (Lipinski definition) is 1. The molecule has 5 nitrogen and oxygen atoms in total. The first-order chi connectivity index (χ1) is 9.25. The fourth-order valence-electron chi connectivity index (χ4n) is 2.34. The third kappa shape index (κ3) is 2.98. The van der Waals surface area contributed by atoms with E-state index in [1.165, 1.54) is 0 Å². The molecule has 0 atom stereocenters. The molecule has 0 unspecified atom stereocenters. The summed E-state index contributed by atoms with van der Waals surface area (Å²) < 4.78 is 10.6. The minimum atomic E-state index is 0.281. The second-order valence-electron chi connectivity index (χ2n) is 5.66. The minimum Gasteiger partial charge on any atom is -0.383 e.